The molecular formula is C32H42N4O6. The summed E-state index contributed by atoms with van der Waals surface area (Å²) in [6, 6.07) is 12.5. The number of ether oxygens (including phenoxy) is 2. The van der Waals surface area contributed by atoms with Gasteiger partial charge in [0.2, 0.25) is 5.91 Å². The highest BCUT2D eigenvalue weighted by Gasteiger charge is 2.33. The lowest BCUT2D eigenvalue weighted by atomic mass is 9.81. The zero-order valence-electron chi connectivity index (χ0n) is 24.8. The van der Waals surface area contributed by atoms with Crippen molar-refractivity contribution < 1.29 is 29.0 Å². The van der Waals surface area contributed by atoms with Gasteiger partial charge in [-0.3, -0.25) is 19.4 Å². The summed E-state index contributed by atoms with van der Waals surface area (Å²) in [7, 11) is 3.21. The lowest BCUT2D eigenvalue weighted by molar-refractivity contribution is -0.143. The average molecular weight is 579 g/mol. The van der Waals surface area contributed by atoms with Crippen molar-refractivity contribution in [2.45, 2.75) is 51.6 Å². The molecule has 0 aromatic heterocycles. The number of aliphatic carboxylic acids is 1. The minimum Gasteiger partial charge on any atom is -0.493 e. The molecule has 10 heteroatoms. The van der Waals surface area contributed by atoms with E-state index < -0.39 is 5.97 Å². The van der Waals surface area contributed by atoms with Gasteiger partial charge in [0.25, 0.3) is 0 Å². The van der Waals surface area contributed by atoms with Gasteiger partial charge < -0.3 is 24.8 Å². The Hall–Kier alpha value is -3.79. The zero-order valence-corrected chi connectivity index (χ0v) is 24.8. The number of urea groups is 1. The van der Waals surface area contributed by atoms with Gasteiger partial charge in [-0.2, -0.15) is 0 Å². The summed E-state index contributed by atoms with van der Waals surface area (Å²) >= 11 is 0. The summed E-state index contributed by atoms with van der Waals surface area (Å²) in [6.07, 6.45) is 4.34. The number of nitrogens with one attached hydrogen (secondary N) is 1. The Morgan fingerprint density at radius 2 is 1.90 bits per heavy atom. The number of carbonyl (C=O) groups excluding carboxylic acids is 2. The fourth-order valence-electron chi connectivity index (χ4n) is 6.38. The maximum absolute atomic E-state index is 12.1. The number of methoxy groups -OCH3 is 1. The number of benzene rings is 2. The average Bonchev–Trinajstić information content (AvgIpc) is 3.56. The van der Waals surface area contributed by atoms with Gasteiger partial charge in [-0.05, 0) is 79.8 Å². The Labute approximate surface area is 247 Å². The zero-order chi connectivity index (χ0) is 29.8. The third-order valence-electron chi connectivity index (χ3n) is 8.98. The molecule has 1 saturated heterocycles. The van der Waals surface area contributed by atoms with Crippen molar-refractivity contribution in [3.05, 3.63) is 53.1 Å². The molecule has 1 unspecified atom stereocenters. The number of carboxylic acids is 1. The quantitative estimate of drug-likeness (QED) is 0.357. The molecule has 1 saturated carbocycles. The largest absolute Gasteiger partial charge is 0.493 e. The van der Waals surface area contributed by atoms with Crippen LogP contribution in [0, 0.1) is 11.8 Å². The second-order valence-electron chi connectivity index (χ2n) is 11.8. The van der Waals surface area contributed by atoms with E-state index in [1.54, 1.807) is 14.2 Å². The van der Waals surface area contributed by atoms with Gasteiger partial charge in [-0.1, -0.05) is 18.2 Å². The Morgan fingerprint density at radius 1 is 1.12 bits per heavy atom. The van der Waals surface area contributed by atoms with Crippen LogP contribution >= 0.6 is 0 Å². The third-order valence-corrected chi connectivity index (χ3v) is 8.98. The van der Waals surface area contributed by atoms with Gasteiger partial charge in [0, 0.05) is 38.4 Å². The molecule has 0 radical (unpaired) electrons. The highest BCUT2D eigenvalue weighted by atomic mass is 16.5. The minimum absolute atomic E-state index is 0.0924. The van der Waals surface area contributed by atoms with E-state index in [-0.39, 0.29) is 43.6 Å². The van der Waals surface area contributed by atoms with Crippen LogP contribution in [-0.2, 0) is 22.6 Å². The molecule has 42 heavy (non-hydrogen) atoms. The van der Waals surface area contributed by atoms with Crippen LogP contribution in [0.1, 0.15) is 55.3 Å². The number of hydrogen-bond donors (Lipinski definition) is 2. The SMILES string of the molecule is COc1cc(CN(CC2CCC(C(=O)O)CC2)C(C)c2ccc3c(c2)CCN3)ccc1OCCN1C(=O)CN(C)C1=O. The second-order valence-corrected chi connectivity index (χ2v) is 11.8. The van der Waals surface area contributed by atoms with Crippen molar-refractivity contribution >= 4 is 23.6 Å². The van der Waals surface area contributed by atoms with E-state index in [9.17, 15) is 19.5 Å². The van der Waals surface area contributed by atoms with Crippen molar-refractivity contribution in [1.82, 2.24) is 14.7 Å². The molecule has 10 nitrogen and oxygen atoms in total. The van der Waals surface area contributed by atoms with E-state index in [0.717, 1.165) is 50.8 Å². The number of fused-ring (bicyclic) bond motifs is 1. The van der Waals surface area contributed by atoms with Crippen LogP contribution in [0.25, 0.3) is 0 Å². The highest BCUT2D eigenvalue weighted by Crippen LogP contribution is 2.35. The smallest absolute Gasteiger partial charge is 0.327 e. The molecule has 2 aliphatic heterocycles. The number of hydrogen-bond acceptors (Lipinski definition) is 7. The summed E-state index contributed by atoms with van der Waals surface area (Å²) in [5.74, 6) is 0.479. The van der Waals surface area contributed by atoms with E-state index in [1.807, 2.05) is 18.2 Å². The van der Waals surface area contributed by atoms with Crippen molar-refractivity contribution in [2.24, 2.45) is 11.8 Å². The summed E-state index contributed by atoms with van der Waals surface area (Å²) in [6.45, 7) is 5.26. The number of carbonyl (C=O) groups is 3. The topological polar surface area (TPSA) is 112 Å². The molecule has 3 aliphatic rings. The van der Waals surface area contributed by atoms with Crippen LogP contribution in [0.4, 0.5) is 10.5 Å². The molecule has 3 amide bonds. The summed E-state index contributed by atoms with van der Waals surface area (Å²) in [5, 5.41) is 12.9. The van der Waals surface area contributed by atoms with Crippen molar-refractivity contribution in [1.29, 1.82) is 0 Å². The molecule has 2 aromatic carbocycles. The van der Waals surface area contributed by atoms with Gasteiger partial charge >= 0.3 is 12.0 Å². The van der Waals surface area contributed by atoms with Crippen molar-refractivity contribution in [3.8, 4) is 11.5 Å². The molecule has 1 aliphatic carbocycles. The molecule has 2 fully saturated rings. The van der Waals surface area contributed by atoms with Crippen LogP contribution < -0.4 is 14.8 Å². The van der Waals surface area contributed by atoms with Gasteiger partial charge in [-0.15, -0.1) is 0 Å². The van der Waals surface area contributed by atoms with Crippen LogP contribution in [0.15, 0.2) is 36.4 Å². The lowest BCUT2D eigenvalue weighted by Crippen LogP contribution is -2.35. The third kappa shape index (κ3) is 6.64. The fourth-order valence-corrected chi connectivity index (χ4v) is 6.38. The number of carboxylic acid groups (broad SMARTS) is 1. The Bertz CT molecular complexity index is 1310. The first-order valence-corrected chi connectivity index (χ1v) is 14.9. The molecule has 226 valence electrons. The Kier molecular flexibility index (Phi) is 9.21. The molecular weight excluding hydrogens is 536 g/mol. The summed E-state index contributed by atoms with van der Waals surface area (Å²) < 4.78 is 11.6. The second kappa shape index (κ2) is 13.0. The van der Waals surface area contributed by atoms with Crippen molar-refractivity contribution in [2.75, 3.05) is 52.3 Å². The van der Waals surface area contributed by atoms with E-state index >= 15 is 0 Å². The molecule has 2 aromatic rings. The summed E-state index contributed by atoms with van der Waals surface area (Å²) in [4.78, 5) is 40.8. The van der Waals surface area contributed by atoms with E-state index in [1.165, 1.54) is 26.6 Å². The normalized spacial score (nSPS) is 21.0. The first kappa shape index (κ1) is 29.7. The van der Waals surface area contributed by atoms with Crippen molar-refractivity contribution in [3.63, 3.8) is 0 Å². The molecule has 1 atom stereocenters. The van der Waals surface area contributed by atoms with E-state index in [0.29, 0.717) is 24.0 Å². The lowest BCUT2D eigenvalue weighted by Gasteiger charge is -2.35. The number of rotatable bonds is 12. The first-order valence-electron chi connectivity index (χ1n) is 14.9. The number of anilines is 1. The van der Waals surface area contributed by atoms with E-state index in [4.69, 9.17) is 9.47 Å². The predicted molar refractivity (Wildman–Crippen MR) is 159 cm³/mol. The molecule has 0 bridgehead atoms. The van der Waals surface area contributed by atoms with Crippen LogP contribution in [0.5, 0.6) is 11.5 Å². The maximum atomic E-state index is 12.1. The fraction of sp³-hybridized carbons (Fsp3) is 0.531. The van der Waals surface area contributed by atoms with Crippen LogP contribution in [0.2, 0.25) is 0 Å². The van der Waals surface area contributed by atoms with Crippen LogP contribution in [-0.4, -0.2) is 84.7 Å². The van der Waals surface area contributed by atoms with Gasteiger partial charge in [0.15, 0.2) is 11.5 Å². The number of likely N-dealkylation sites (N-methyl/N-ethyl adjacent to an activating group) is 1. The highest BCUT2D eigenvalue weighted by molar-refractivity contribution is 6.01. The predicted octanol–water partition coefficient (Wildman–Crippen LogP) is 4.39. The molecule has 0 spiro atoms. The molecule has 2 N–H and O–H groups in total. The minimum atomic E-state index is -0.675. The number of imide groups is 1. The standard InChI is InChI=1S/C32H42N4O6/c1-21(25-9-10-27-26(17-25)12-13-33-27)35(18-22-4-7-24(8-5-22)31(38)39)19-23-6-11-28(29(16-23)41-3)42-15-14-36-30(37)20-34(2)32(36)40/h6,9-11,16-17,21-22,24,33H,4-5,7-8,12-15,18-20H2,1-3H3,(H,38,39). The molecule has 2 heterocycles. The van der Waals surface area contributed by atoms with Gasteiger partial charge in [-0.25, -0.2) is 4.79 Å². The Morgan fingerprint density at radius 3 is 2.60 bits per heavy atom. The van der Waals surface area contributed by atoms with Crippen LogP contribution in [0.3, 0.4) is 0 Å². The monoisotopic (exact) mass is 578 g/mol. The maximum Gasteiger partial charge on any atom is 0.327 e. The molecule has 5 rings (SSSR count). The summed E-state index contributed by atoms with van der Waals surface area (Å²) in [5.41, 5.74) is 4.93. The van der Waals surface area contributed by atoms with E-state index in [2.05, 4.69) is 35.3 Å². The number of nitrogens with zero attached hydrogens (tertiary/aromatic N) is 3. The first-order chi connectivity index (χ1) is 20.2. The van der Waals surface area contributed by atoms with Gasteiger partial charge in [0.05, 0.1) is 19.6 Å². The van der Waals surface area contributed by atoms with Gasteiger partial charge in [0.1, 0.15) is 13.2 Å². The number of amides is 3. The Balaban J connectivity index is 1.28.